The molecular weight excluding hydrogens is 178 g/mol. The number of anilines is 2. The molecule has 0 spiro atoms. The summed E-state index contributed by atoms with van der Waals surface area (Å²) in [6.45, 7) is 4.91. The van der Waals surface area contributed by atoms with Crippen molar-refractivity contribution in [2.24, 2.45) is 0 Å². The van der Waals surface area contributed by atoms with Crippen molar-refractivity contribution in [3.05, 3.63) is 5.82 Å². The van der Waals surface area contributed by atoms with E-state index in [1.165, 1.54) is 0 Å². The Kier molecular flexibility index (Phi) is 3.62. The Morgan fingerprint density at radius 1 is 1.29 bits per heavy atom. The predicted octanol–water partition coefficient (Wildman–Crippen LogP) is 0.999. The molecule has 1 aromatic heterocycles. The smallest absolute Gasteiger partial charge is 0.230 e. The first-order valence-corrected chi connectivity index (χ1v) is 4.82. The lowest BCUT2D eigenvalue weighted by molar-refractivity contribution is 0.745. The van der Waals surface area contributed by atoms with Crippen LogP contribution in [0.5, 0.6) is 0 Å². The number of aromatic nitrogens is 3. The van der Waals surface area contributed by atoms with Gasteiger partial charge in [-0.1, -0.05) is 13.3 Å². The van der Waals surface area contributed by atoms with Crippen molar-refractivity contribution < 1.29 is 0 Å². The lowest BCUT2D eigenvalue weighted by Crippen LogP contribution is -2.22. The second-order valence-corrected chi connectivity index (χ2v) is 3.32. The van der Waals surface area contributed by atoms with E-state index in [4.69, 9.17) is 5.73 Å². The van der Waals surface area contributed by atoms with Crippen LogP contribution < -0.4 is 10.6 Å². The molecule has 14 heavy (non-hydrogen) atoms. The van der Waals surface area contributed by atoms with E-state index in [2.05, 4.69) is 21.9 Å². The first kappa shape index (κ1) is 10.7. The SMILES string of the molecule is CCCCN(C)c1nc(C)nc(N)n1. The Balaban J connectivity index is 2.73. The van der Waals surface area contributed by atoms with Crippen molar-refractivity contribution >= 4 is 11.9 Å². The molecule has 0 saturated heterocycles. The molecule has 0 aromatic carbocycles. The summed E-state index contributed by atoms with van der Waals surface area (Å²) in [6.07, 6.45) is 2.28. The van der Waals surface area contributed by atoms with Gasteiger partial charge in [0.2, 0.25) is 11.9 Å². The van der Waals surface area contributed by atoms with E-state index in [-0.39, 0.29) is 5.95 Å². The van der Waals surface area contributed by atoms with Crippen LogP contribution in [0.15, 0.2) is 0 Å². The number of nitrogen functional groups attached to an aromatic ring is 1. The Hall–Kier alpha value is -1.39. The summed E-state index contributed by atoms with van der Waals surface area (Å²) < 4.78 is 0. The highest BCUT2D eigenvalue weighted by atomic mass is 15.3. The Morgan fingerprint density at radius 3 is 2.57 bits per heavy atom. The summed E-state index contributed by atoms with van der Waals surface area (Å²) in [7, 11) is 1.96. The number of aryl methyl sites for hydroxylation is 1. The number of rotatable bonds is 4. The van der Waals surface area contributed by atoms with Crippen molar-refractivity contribution in [2.75, 3.05) is 24.2 Å². The third-order valence-electron chi connectivity index (χ3n) is 1.94. The van der Waals surface area contributed by atoms with Gasteiger partial charge in [0, 0.05) is 13.6 Å². The van der Waals surface area contributed by atoms with E-state index >= 15 is 0 Å². The maximum absolute atomic E-state index is 5.54. The minimum absolute atomic E-state index is 0.288. The average molecular weight is 195 g/mol. The third-order valence-corrected chi connectivity index (χ3v) is 1.94. The van der Waals surface area contributed by atoms with Crippen LogP contribution in [0.3, 0.4) is 0 Å². The van der Waals surface area contributed by atoms with Crippen LogP contribution >= 0.6 is 0 Å². The molecule has 5 heteroatoms. The quantitative estimate of drug-likeness (QED) is 0.776. The van der Waals surface area contributed by atoms with Gasteiger partial charge in [0.05, 0.1) is 0 Å². The fourth-order valence-corrected chi connectivity index (χ4v) is 1.15. The molecule has 78 valence electrons. The fourth-order valence-electron chi connectivity index (χ4n) is 1.15. The van der Waals surface area contributed by atoms with Crippen molar-refractivity contribution in [1.82, 2.24) is 15.0 Å². The van der Waals surface area contributed by atoms with Crippen LogP contribution in [-0.2, 0) is 0 Å². The van der Waals surface area contributed by atoms with E-state index in [1.807, 2.05) is 18.9 Å². The van der Waals surface area contributed by atoms with Gasteiger partial charge in [0.25, 0.3) is 0 Å². The number of hydrogen-bond donors (Lipinski definition) is 1. The molecular formula is C9H17N5. The molecule has 0 saturated carbocycles. The molecule has 0 fully saturated rings. The minimum atomic E-state index is 0.288. The normalized spacial score (nSPS) is 10.2. The minimum Gasteiger partial charge on any atom is -0.368 e. The second kappa shape index (κ2) is 4.74. The molecule has 0 aliphatic heterocycles. The molecule has 0 unspecified atom stereocenters. The number of nitrogens with zero attached hydrogens (tertiary/aromatic N) is 4. The fraction of sp³-hybridized carbons (Fsp3) is 0.667. The molecule has 2 N–H and O–H groups in total. The summed E-state index contributed by atoms with van der Waals surface area (Å²) in [4.78, 5) is 14.2. The molecule has 0 aliphatic carbocycles. The van der Waals surface area contributed by atoms with E-state index in [1.54, 1.807) is 0 Å². The van der Waals surface area contributed by atoms with E-state index < -0.39 is 0 Å². The highest BCUT2D eigenvalue weighted by Gasteiger charge is 2.05. The molecule has 0 atom stereocenters. The molecule has 0 bridgehead atoms. The van der Waals surface area contributed by atoms with Crippen molar-refractivity contribution in [2.45, 2.75) is 26.7 Å². The van der Waals surface area contributed by atoms with Crippen LogP contribution in [0, 0.1) is 6.92 Å². The standard InChI is InChI=1S/C9H17N5/c1-4-5-6-14(3)9-12-7(2)11-8(10)13-9/h4-6H2,1-3H3,(H2,10,11,12,13). The summed E-state index contributed by atoms with van der Waals surface area (Å²) in [5.41, 5.74) is 5.54. The van der Waals surface area contributed by atoms with Crippen LogP contribution in [0.25, 0.3) is 0 Å². The first-order valence-electron chi connectivity index (χ1n) is 4.82. The number of hydrogen-bond acceptors (Lipinski definition) is 5. The zero-order chi connectivity index (χ0) is 10.6. The molecule has 0 aliphatic rings. The first-order chi connectivity index (χ1) is 6.63. The van der Waals surface area contributed by atoms with Crippen LogP contribution in [0.4, 0.5) is 11.9 Å². The van der Waals surface area contributed by atoms with E-state index in [9.17, 15) is 0 Å². The summed E-state index contributed by atoms with van der Waals surface area (Å²) in [5, 5.41) is 0. The van der Waals surface area contributed by atoms with Gasteiger partial charge in [0.1, 0.15) is 5.82 Å². The van der Waals surface area contributed by atoms with Crippen LogP contribution in [0.2, 0.25) is 0 Å². The maximum Gasteiger partial charge on any atom is 0.230 e. The van der Waals surface area contributed by atoms with Crippen molar-refractivity contribution in [3.63, 3.8) is 0 Å². The van der Waals surface area contributed by atoms with Gasteiger partial charge in [-0.2, -0.15) is 15.0 Å². The summed E-state index contributed by atoms with van der Waals surface area (Å²) >= 11 is 0. The average Bonchev–Trinajstić information content (AvgIpc) is 2.12. The monoisotopic (exact) mass is 195 g/mol. The highest BCUT2D eigenvalue weighted by molar-refractivity contribution is 5.33. The van der Waals surface area contributed by atoms with E-state index in [0.717, 1.165) is 19.4 Å². The Labute approximate surface area is 84.4 Å². The van der Waals surface area contributed by atoms with Gasteiger partial charge >= 0.3 is 0 Å². The Morgan fingerprint density at radius 2 is 2.00 bits per heavy atom. The number of nitrogens with two attached hydrogens (primary N) is 1. The molecule has 1 aromatic rings. The van der Waals surface area contributed by atoms with Gasteiger partial charge in [-0.15, -0.1) is 0 Å². The highest BCUT2D eigenvalue weighted by Crippen LogP contribution is 2.07. The Bertz CT molecular complexity index is 279. The van der Waals surface area contributed by atoms with Crippen LogP contribution in [-0.4, -0.2) is 28.5 Å². The summed E-state index contributed by atoms with van der Waals surface area (Å²) in [6, 6.07) is 0. The largest absolute Gasteiger partial charge is 0.368 e. The lowest BCUT2D eigenvalue weighted by Gasteiger charge is -2.16. The van der Waals surface area contributed by atoms with Gasteiger partial charge in [-0.3, -0.25) is 0 Å². The predicted molar refractivity (Wildman–Crippen MR) is 57.2 cm³/mol. The van der Waals surface area contributed by atoms with Gasteiger partial charge in [-0.25, -0.2) is 0 Å². The van der Waals surface area contributed by atoms with E-state index in [0.29, 0.717) is 11.8 Å². The van der Waals surface area contributed by atoms with Crippen molar-refractivity contribution in [3.8, 4) is 0 Å². The second-order valence-electron chi connectivity index (χ2n) is 3.32. The van der Waals surface area contributed by atoms with Crippen molar-refractivity contribution in [1.29, 1.82) is 0 Å². The summed E-state index contributed by atoms with van der Waals surface area (Å²) in [5.74, 6) is 1.61. The van der Waals surface area contributed by atoms with Gasteiger partial charge in [-0.05, 0) is 13.3 Å². The van der Waals surface area contributed by atoms with Gasteiger partial charge < -0.3 is 10.6 Å². The zero-order valence-corrected chi connectivity index (χ0v) is 8.99. The maximum atomic E-state index is 5.54. The lowest BCUT2D eigenvalue weighted by atomic mass is 10.3. The number of unbranched alkanes of at least 4 members (excludes halogenated alkanes) is 1. The molecule has 0 radical (unpaired) electrons. The third kappa shape index (κ3) is 2.83. The zero-order valence-electron chi connectivity index (χ0n) is 8.99. The van der Waals surface area contributed by atoms with Crippen LogP contribution in [0.1, 0.15) is 25.6 Å². The molecule has 1 heterocycles. The van der Waals surface area contributed by atoms with Gasteiger partial charge in [0.15, 0.2) is 0 Å². The molecule has 0 amide bonds. The molecule has 1 rings (SSSR count). The molecule has 5 nitrogen and oxygen atoms in total. The topological polar surface area (TPSA) is 67.9 Å².